The van der Waals surface area contributed by atoms with Gasteiger partial charge in [-0.1, -0.05) is 6.92 Å². The van der Waals surface area contributed by atoms with E-state index in [0.29, 0.717) is 18.1 Å². The third kappa shape index (κ3) is 3.74. The van der Waals surface area contributed by atoms with Crippen molar-refractivity contribution in [2.45, 2.75) is 52.3 Å². The number of rotatable bonds is 2. The highest BCUT2D eigenvalue weighted by molar-refractivity contribution is 5.91. The lowest BCUT2D eigenvalue weighted by Gasteiger charge is -2.40. The third-order valence-electron chi connectivity index (χ3n) is 5.92. The van der Waals surface area contributed by atoms with Crippen LogP contribution in [-0.2, 0) is 0 Å². The van der Waals surface area contributed by atoms with Crippen molar-refractivity contribution in [2.24, 2.45) is 11.1 Å². The number of amides is 1. The summed E-state index contributed by atoms with van der Waals surface area (Å²) in [5.41, 5.74) is 5.82. The van der Waals surface area contributed by atoms with Crippen molar-refractivity contribution in [3.8, 4) is 0 Å². The Morgan fingerprint density at radius 2 is 1.81 bits per heavy atom. The van der Waals surface area contributed by atoms with E-state index in [4.69, 9.17) is 5.73 Å². The molecule has 3 rings (SSSR count). The Bertz CT molecular complexity index is 728. The molecule has 9 heteroatoms. The van der Waals surface area contributed by atoms with Gasteiger partial charge in [0.2, 0.25) is 5.82 Å². The first-order valence-electron chi connectivity index (χ1n) is 9.23. The summed E-state index contributed by atoms with van der Waals surface area (Å²) in [5.74, 6) is 0.326. The summed E-state index contributed by atoms with van der Waals surface area (Å²) in [5, 5.41) is 0. The number of carbonyl (C=O) groups is 1. The number of piperidine rings is 1. The first-order valence-corrected chi connectivity index (χ1v) is 9.23. The summed E-state index contributed by atoms with van der Waals surface area (Å²) in [6, 6.07) is 0.0703. The maximum atomic E-state index is 13.2. The number of halogens is 3. The molecule has 1 aromatic heterocycles. The van der Waals surface area contributed by atoms with E-state index in [0.717, 1.165) is 18.5 Å². The first kappa shape index (κ1) is 19.9. The van der Waals surface area contributed by atoms with E-state index >= 15 is 0 Å². The molecular formula is C18H26F3N5O. The van der Waals surface area contributed by atoms with Gasteiger partial charge in [-0.2, -0.15) is 13.2 Å². The van der Waals surface area contributed by atoms with Gasteiger partial charge >= 0.3 is 6.18 Å². The van der Waals surface area contributed by atoms with Gasteiger partial charge in [-0.05, 0) is 33.1 Å². The fourth-order valence-corrected chi connectivity index (χ4v) is 3.63. The van der Waals surface area contributed by atoms with Crippen LogP contribution in [0.15, 0.2) is 0 Å². The minimum absolute atomic E-state index is 0.0455. The van der Waals surface area contributed by atoms with Crippen LogP contribution in [0.2, 0.25) is 0 Å². The van der Waals surface area contributed by atoms with Gasteiger partial charge in [-0.15, -0.1) is 0 Å². The Morgan fingerprint density at radius 1 is 1.19 bits per heavy atom. The first-order chi connectivity index (χ1) is 12.5. The molecule has 1 aromatic rings. The zero-order valence-electron chi connectivity index (χ0n) is 15.9. The van der Waals surface area contributed by atoms with Gasteiger partial charge < -0.3 is 15.5 Å². The van der Waals surface area contributed by atoms with Gasteiger partial charge in [0.1, 0.15) is 5.82 Å². The molecule has 0 spiro atoms. The number of carbonyl (C=O) groups excluding carboxylic acids is 1. The number of likely N-dealkylation sites (tertiary alicyclic amines) is 1. The summed E-state index contributed by atoms with van der Waals surface area (Å²) in [6.07, 6.45) is -3.63. The topological polar surface area (TPSA) is 75.4 Å². The molecule has 0 bridgehead atoms. The molecule has 3 heterocycles. The predicted molar refractivity (Wildman–Crippen MR) is 95.6 cm³/mol. The number of anilines is 1. The second kappa shape index (κ2) is 6.92. The van der Waals surface area contributed by atoms with Crippen LogP contribution in [-0.4, -0.2) is 59.2 Å². The Morgan fingerprint density at radius 3 is 2.33 bits per heavy atom. The van der Waals surface area contributed by atoms with Crippen LogP contribution < -0.4 is 10.6 Å². The van der Waals surface area contributed by atoms with Crippen molar-refractivity contribution >= 4 is 11.7 Å². The van der Waals surface area contributed by atoms with Crippen LogP contribution in [0.3, 0.4) is 0 Å². The van der Waals surface area contributed by atoms with E-state index in [1.165, 1.54) is 11.8 Å². The van der Waals surface area contributed by atoms with E-state index in [-0.39, 0.29) is 37.8 Å². The quantitative estimate of drug-likeness (QED) is 0.846. The van der Waals surface area contributed by atoms with Crippen LogP contribution in [0.5, 0.6) is 0 Å². The van der Waals surface area contributed by atoms with Crippen LogP contribution in [0, 0.1) is 19.3 Å². The molecule has 6 nitrogen and oxygen atoms in total. The molecule has 0 aromatic carbocycles. The Labute approximate surface area is 156 Å². The maximum absolute atomic E-state index is 13.2. The second-order valence-corrected chi connectivity index (χ2v) is 7.93. The normalized spacial score (nSPS) is 23.0. The molecule has 0 aliphatic carbocycles. The molecule has 0 saturated carbocycles. The maximum Gasteiger partial charge on any atom is 0.394 e. The van der Waals surface area contributed by atoms with Crippen molar-refractivity contribution in [3.05, 3.63) is 17.1 Å². The standard InChI is InChI=1S/C18H26F3N5O/c1-11-12(2)23-14(24-15(11)26-7-4-13(22)10-26)16(27)25-8-5-17(3,6-9-25)18(19,20)21/h13H,4-10,22H2,1-3H3/t13-/m1/s1. The van der Waals surface area contributed by atoms with Crippen LogP contribution in [0.25, 0.3) is 0 Å². The molecule has 2 saturated heterocycles. The van der Waals surface area contributed by atoms with Crippen molar-refractivity contribution in [1.82, 2.24) is 14.9 Å². The van der Waals surface area contributed by atoms with Crippen molar-refractivity contribution in [2.75, 3.05) is 31.1 Å². The lowest BCUT2D eigenvalue weighted by molar-refractivity contribution is -0.229. The smallest absolute Gasteiger partial charge is 0.355 e. The molecule has 1 atom stereocenters. The molecule has 27 heavy (non-hydrogen) atoms. The minimum Gasteiger partial charge on any atom is -0.355 e. The molecule has 1 amide bonds. The van der Waals surface area contributed by atoms with Crippen molar-refractivity contribution in [1.29, 1.82) is 0 Å². The minimum atomic E-state index is -4.26. The van der Waals surface area contributed by atoms with E-state index in [1.54, 1.807) is 0 Å². The molecule has 2 aliphatic rings. The van der Waals surface area contributed by atoms with E-state index in [9.17, 15) is 18.0 Å². The van der Waals surface area contributed by atoms with Crippen LogP contribution >= 0.6 is 0 Å². The number of alkyl halides is 3. The third-order valence-corrected chi connectivity index (χ3v) is 5.92. The highest BCUT2D eigenvalue weighted by atomic mass is 19.4. The highest BCUT2D eigenvalue weighted by Crippen LogP contribution is 2.45. The lowest BCUT2D eigenvalue weighted by atomic mass is 9.79. The molecule has 2 fully saturated rings. The van der Waals surface area contributed by atoms with Crippen molar-refractivity contribution in [3.63, 3.8) is 0 Å². The molecular weight excluding hydrogens is 359 g/mol. The fraction of sp³-hybridized carbons (Fsp3) is 0.722. The number of hydrogen-bond acceptors (Lipinski definition) is 5. The number of aromatic nitrogens is 2. The summed E-state index contributed by atoms with van der Waals surface area (Å²) in [4.78, 5) is 25.1. The fourth-order valence-electron chi connectivity index (χ4n) is 3.63. The number of hydrogen-bond donors (Lipinski definition) is 1. The predicted octanol–water partition coefficient (Wildman–Crippen LogP) is 2.44. The number of nitrogens with two attached hydrogens (primary N) is 1. The molecule has 150 valence electrons. The Balaban J connectivity index is 1.79. The van der Waals surface area contributed by atoms with Gasteiger partial charge in [0.15, 0.2) is 0 Å². The molecule has 0 radical (unpaired) electrons. The average molecular weight is 385 g/mol. The van der Waals surface area contributed by atoms with Crippen LogP contribution in [0.1, 0.15) is 48.1 Å². The second-order valence-electron chi connectivity index (χ2n) is 7.93. The van der Waals surface area contributed by atoms with Gasteiger partial charge in [0.05, 0.1) is 5.41 Å². The molecule has 2 aliphatic heterocycles. The SMILES string of the molecule is Cc1nc(C(=O)N2CCC(C)(C(F)(F)F)CC2)nc(N2CC[C@@H](N)C2)c1C. The van der Waals surface area contributed by atoms with Gasteiger partial charge in [0, 0.05) is 43.5 Å². The number of nitrogens with zero attached hydrogens (tertiary/aromatic N) is 4. The van der Waals surface area contributed by atoms with E-state index in [1.807, 2.05) is 18.7 Å². The zero-order chi connectivity index (χ0) is 20.0. The summed E-state index contributed by atoms with van der Waals surface area (Å²) < 4.78 is 39.6. The van der Waals surface area contributed by atoms with Gasteiger partial charge in [-0.3, -0.25) is 4.79 Å². The van der Waals surface area contributed by atoms with Crippen molar-refractivity contribution < 1.29 is 18.0 Å². The average Bonchev–Trinajstić information content (AvgIpc) is 3.02. The Kier molecular flexibility index (Phi) is 5.09. The Hall–Kier alpha value is -1.90. The van der Waals surface area contributed by atoms with Crippen LogP contribution in [0.4, 0.5) is 19.0 Å². The van der Waals surface area contributed by atoms with Gasteiger partial charge in [-0.25, -0.2) is 9.97 Å². The van der Waals surface area contributed by atoms with Gasteiger partial charge in [0.25, 0.3) is 5.91 Å². The molecule has 2 N–H and O–H groups in total. The largest absolute Gasteiger partial charge is 0.394 e. The monoisotopic (exact) mass is 385 g/mol. The lowest BCUT2D eigenvalue weighted by Crippen LogP contribution is -2.48. The molecule has 0 unspecified atom stereocenters. The zero-order valence-corrected chi connectivity index (χ0v) is 15.9. The summed E-state index contributed by atoms with van der Waals surface area (Å²) >= 11 is 0. The summed E-state index contributed by atoms with van der Waals surface area (Å²) in [7, 11) is 0. The van der Waals surface area contributed by atoms with E-state index < -0.39 is 17.5 Å². The summed E-state index contributed by atoms with van der Waals surface area (Å²) in [6.45, 7) is 6.46. The highest BCUT2D eigenvalue weighted by Gasteiger charge is 2.52. The van der Waals surface area contributed by atoms with E-state index in [2.05, 4.69) is 9.97 Å². The number of aryl methyl sites for hydroxylation is 1.